The maximum absolute atomic E-state index is 12.9. The van der Waals surface area contributed by atoms with Gasteiger partial charge in [0.25, 0.3) is 0 Å². The molecule has 1 fully saturated rings. The summed E-state index contributed by atoms with van der Waals surface area (Å²) < 4.78 is 0. The van der Waals surface area contributed by atoms with Gasteiger partial charge in [-0.3, -0.25) is 19.8 Å². The van der Waals surface area contributed by atoms with E-state index in [9.17, 15) is 9.59 Å². The number of amides is 2. The second-order valence-corrected chi connectivity index (χ2v) is 8.51. The zero-order valence-electron chi connectivity index (χ0n) is 18.8. The Balaban J connectivity index is 1.54. The van der Waals surface area contributed by atoms with Gasteiger partial charge >= 0.3 is 0 Å². The maximum atomic E-state index is 12.9. The van der Waals surface area contributed by atoms with E-state index >= 15 is 0 Å². The molecule has 166 valence electrons. The van der Waals surface area contributed by atoms with Crippen LogP contribution in [0.3, 0.4) is 0 Å². The number of carbonyl (C=O) groups is 2. The monoisotopic (exact) mass is 422 g/mol. The summed E-state index contributed by atoms with van der Waals surface area (Å²) in [6.07, 6.45) is 0. The number of benzene rings is 2. The fraction of sp³-hybridized carbons (Fsp3) is 0.440. The van der Waals surface area contributed by atoms with E-state index in [0.717, 1.165) is 24.2 Å². The molecule has 2 amide bonds. The summed E-state index contributed by atoms with van der Waals surface area (Å²) in [4.78, 5) is 28.8. The molecular weight excluding hydrogens is 388 g/mol. The van der Waals surface area contributed by atoms with Crippen LogP contribution in [0, 0.1) is 6.92 Å². The number of piperazine rings is 1. The Hall–Kier alpha value is -2.70. The van der Waals surface area contributed by atoms with Crippen molar-refractivity contribution >= 4 is 11.8 Å². The van der Waals surface area contributed by atoms with Gasteiger partial charge in [0, 0.05) is 32.2 Å². The third-order valence-corrected chi connectivity index (χ3v) is 5.54. The molecular formula is C25H34N4O2. The third kappa shape index (κ3) is 6.91. The van der Waals surface area contributed by atoms with E-state index < -0.39 is 0 Å². The molecule has 0 radical (unpaired) electrons. The van der Waals surface area contributed by atoms with Gasteiger partial charge in [0.15, 0.2) is 0 Å². The lowest BCUT2D eigenvalue weighted by Crippen LogP contribution is -2.53. The molecule has 31 heavy (non-hydrogen) atoms. The fourth-order valence-corrected chi connectivity index (χ4v) is 3.86. The van der Waals surface area contributed by atoms with Crippen LogP contribution in [0.4, 0.5) is 0 Å². The molecule has 1 atom stereocenters. The van der Waals surface area contributed by atoms with Gasteiger partial charge in [0.2, 0.25) is 11.8 Å². The van der Waals surface area contributed by atoms with Crippen LogP contribution in [-0.2, 0) is 9.59 Å². The summed E-state index contributed by atoms with van der Waals surface area (Å²) in [5.74, 6) is 0.138. The first-order chi connectivity index (χ1) is 14.9. The van der Waals surface area contributed by atoms with Crippen molar-refractivity contribution in [1.29, 1.82) is 0 Å². The van der Waals surface area contributed by atoms with Crippen molar-refractivity contribution in [3.8, 4) is 0 Å². The Kier molecular flexibility index (Phi) is 8.20. The number of aryl methyl sites for hydroxylation is 1. The number of carbonyl (C=O) groups excluding carboxylic acids is 2. The second kappa shape index (κ2) is 11.1. The highest BCUT2D eigenvalue weighted by atomic mass is 16.2. The Morgan fingerprint density at radius 3 is 2.13 bits per heavy atom. The van der Waals surface area contributed by atoms with E-state index in [1.54, 1.807) is 0 Å². The van der Waals surface area contributed by atoms with E-state index in [1.807, 2.05) is 36.9 Å². The van der Waals surface area contributed by atoms with Crippen molar-refractivity contribution in [3.63, 3.8) is 0 Å². The normalized spacial score (nSPS) is 15.7. The summed E-state index contributed by atoms with van der Waals surface area (Å²) >= 11 is 0. The first kappa shape index (κ1) is 23.0. The fourth-order valence-electron chi connectivity index (χ4n) is 3.86. The van der Waals surface area contributed by atoms with Crippen LogP contribution in [0.15, 0.2) is 54.6 Å². The lowest BCUT2D eigenvalue weighted by atomic mass is 9.98. The Bertz CT molecular complexity index is 844. The molecule has 0 aromatic heterocycles. The Morgan fingerprint density at radius 1 is 0.903 bits per heavy atom. The highest BCUT2D eigenvalue weighted by Gasteiger charge is 2.23. The van der Waals surface area contributed by atoms with Gasteiger partial charge in [-0.25, -0.2) is 0 Å². The molecule has 2 aromatic rings. The molecule has 1 aliphatic heterocycles. The molecule has 6 nitrogen and oxygen atoms in total. The highest BCUT2D eigenvalue weighted by Crippen LogP contribution is 2.22. The van der Waals surface area contributed by atoms with E-state index in [2.05, 4.69) is 58.9 Å². The predicted molar refractivity (Wildman–Crippen MR) is 124 cm³/mol. The maximum Gasteiger partial charge on any atom is 0.236 e. The van der Waals surface area contributed by atoms with Gasteiger partial charge in [-0.15, -0.1) is 0 Å². The lowest BCUT2D eigenvalue weighted by Gasteiger charge is -2.35. The number of hydrogen-bond acceptors (Lipinski definition) is 4. The molecule has 2 N–H and O–H groups in total. The first-order valence-electron chi connectivity index (χ1n) is 11.1. The minimum atomic E-state index is -0.0354. The van der Waals surface area contributed by atoms with Gasteiger partial charge in [0.05, 0.1) is 19.1 Å². The number of rotatable bonds is 8. The van der Waals surface area contributed by atoms with Crippen molar-refractivity contribution in [2.75, 3.05) is 39.3 Å². The second-order valence-electron chi connectivity index (χ2n) is 8.51. The summed E-state index contributed by atoms with van der Waals surface area (Å²) in [7, 11) is 0. The van der Waals surface area contributed by atoms with Crippen LogP contribution in [0.25, 0.3) is 0 Å². The molecule has 0 unspecified atom stereocenters. The standard InChI is InChI=1S/C25H34N4O2/c1-19(2)27-23(30)18-28-13-15-29(16-14-28)24(31)17-26-25(21-7-5-4-6-8-21)22-11-9-20(3)10-12-22/h4-12,19,25-26H,13-18H2,1-3H3,(H,27,30)/t25-/m1/s1. The van der Waals surface area contributed by atoms with Crippen LogP contribution in [0.1, 0.15) is 36.6 Å². The molecule has 2 aromatic carbocycles. The summed E-state index contributed by atoms with van der Waals surface area (Å²) in [5.41, 5.74) is 3.50. The van der Waals surface area contributed by atoms with Crippen LogP contribution in [-0.4, -0.2) is 66.9 Å². The molecule has 3 rings (SSSR count). The number of hydrogen-bond donors (Lipinski definition) is 2. The minimum Gasteiger partial charge on any atom is -0.353 e. The smallest absolute Gasteiger partial charge is 0.236 e. The molecule has 0 aliphatic carbocycles. The molecule has 1 heterocycles. The zero-order valence-corrected chi connectivity index (χ0v) is 18.8. The van der Waals surface area contributed by atoms with Gasteiger partial charge in [-0.05, 0) is 31.9 Å². The lowest BCUT2D eigenvalue weighted by molar-refractivity contribution is -0.132. The average Bonchev–Trinajstić information content (AvgIpc) is 2.75. The highest BCUT2D eigenvalue weighted by molar-refractivity contribution is 5.79. The molecule has 1 saturated heterocycles. The van der Waals surface area contributed by atoms with Crippen molar-refractivity contribution in [1.82, 2.24) is 20.4 Å². The quantitative estimate of drug-likeness (QED) is 0.685. The summed E-state index contributed by atoms with van der Waals surface area (Å²) in [6, 6.07) is 18.8. The van der Waals surface area contributed by atoms with E-state index in [4.69, 9.17) is 0 Å². The Labute approximate surface area is 185 Å². The van der Waals surface area contributed by atoms with Crippen LogP contribution in [0.2, 0.25) is 0 Å². The van der Waals surface area contributed by atoms with Gasteiger partial charge in [-0.1, -0.05) is 60.2 Å². The van der Waals surface area contributed by atoms with Crippen molar-refractivity contribution in [3.05, 3.63) is 71.3 Å². The zero-order chi connectivity index (χ0) is 22.2. The van der Waals surface area contributed by atoms with Gasteiger partial charge < -0.3 is 10.2 Å². The number of nitrogens with one attached hydrogen (secondary N) is 2. The average molecular weight is 423 g/mol. The van der Waals surface area contributed by atoms with Crippen molar-refractivity contribution in [2.24, 2.45) is 0 Å². The Morgan fingerprint density at radius 2 is 1.52 bits per heavy atom. The third-order valence-electron chi connectivity index (χ3n) is 5.54. The SMILES string of the molecule is Cc1ccc([C@H](NCC(=O)N2CCN(CC(=O)NC(C)C)CC2)c2ccccc2)cc1. The predicted octanol–water partition coefficient (Wildman–Crippen LogP) is 2.34. The van der Waals surface area contributed by atoms with Crippen LogP contribution in [0.5, 0.6) is 0 Å². The summed E-state index contributed by atoms with van der Waals surface area (Å²) in [5, 5.41) is 6.39. The molecule has 0 bridgehead atoms. The summed E-state index contributed by atoms with van der Waals surface area (Å²) in [6.45, 7) is 9.40. The molecule has 0 saturated carbocycles. The van der Waals surface area contributed by atoms with Crippen LogP contribution >= 0.6 is 0 Å². The van der Waals surface area contributed by atoms with E-state index in [0.29, 0.717) is 19.6 Å². The first-order valence-corrected chi connectivity index (χ1v) is 11.1. The molecule has 0 spiro atoms. The van der Waals surface area contributed by atoms with Crippen LogP contribution < -0.4 is 10.6 Å². The van der Waals surface area contributed by atoms with Crippen molar-refractivity contribution in [2.45, 2.75) is 32.9 Å². The molecule has 6 heteroatoms. The minimum absolute atomic E-state index is 0.0354. The topological polar surface area (TPSA) is 64.7 Å². The number of nitrogens with zero attached hydrogens (tertiary/aromatic N) is 2. The van der Waals surface area contributed by atoms with Crippen molar-refractivity contribution < 1.29 is 9.59 Å². The van der Waals surface area contributed by atoms with Gasteiger partial charge in [0.1, 0.15) is 0 Å². The molecule has 1 aliphatic rings. The van der Waals surface area contributed by atoms with E-state index in [-0.39, 0.29) is 30.4 Å². The largest absolute Gasteiger partial charge is 0.353 e. The van der Waals surface area contributed by atoms with E-state index in [1.165, 1.54) is 5.56 Å². The van der Waals surface area contributed by atoms with Gasteiger partial charge in [-0.2, -0.15) is 0 Å².